The lowest BCUT2D eigenvalue weighted by atomic mass is 10.1. The first kappa shape index (κ1) is 22.8. The molecule has 29 heavy (non-hydrogen) atoms. The van der Waals surface area contributed by atoms with Gasteiger partial charge in [-0.3, -0.25) is 9.98 Å². The van der Waals surface area contributed by atoms with Crippen molar-refractivity contribution in [1.82, 2.24) is 15.6 Å². The maximum absolute atomic E-state index is 5.90. The monoisotopic (exact) mass is 502 g/mol. The number of nitrogens with zero attached hydrogens (tertiary/aromatic N) is 2. The molecule has 3 aromatic rings. The summed E-state index contributed by atoms with van der Waals surface area (Å²) in [5.74, 6) is 0.741. The largest absolute Gasteiger partial charge is 0.372 e. The third-order valence-electron chi connectivity index (χ3n) is 4.32. The van der Waals surface area contributed by atoms with E-state index in [4.69, 9.17) is 4.74 Å². The Balaban J connectivity index is 0.00000300. The number of halogens is 1. The summed E-state index contributed by atoms with van der Waals surface area (Å²) in [6.45, 7) is 2.48. The lowest BCUT2D eigenvalue weighted by Gasteiger charge is -2.14. The summed E-state index contributed by atoms with van der Waals surface area (Å²) in [4.78, 5) is 8.60. The van der Waals surface area contributed by atoms with Gasteiger partial charge in [-0.15, -0.1) is 24.0 Å². The Bertz CT molecular complexity index is 872. The van der Waals surface area contributed by atoms with Gasteiger partial charge in [0.1, 0.15) is 0 Å². The Morgan fingerprint density at radius 1 is 0.828 bits per heavy atom. The molecule has 0 bridgehead atoms. The second-order valence-electron chi connectivity index (χ2n) is 6.35. The molecular formula is C23H27IN4O. The second kappa shape index (κ2) is 12.9. The van der Waals surface area contributed by atoms with Crippen LogP contribution < -0.4 is 10.6 Å². The van der Waals surface area contributed by atoms with Crippen LogP contribution in [0.2, 0.25) is 0 Å². The molecule has 0 atom stereocenters. The topological polar surface area (TPSA) is 58.5 Å². The van der Waals surface area contributed by atoms with Gasteiger partial charge in [0.05, 0.1) is 25.5 Å². The normalized spacial score (nSPS) is 10.9. The first-order valence-corrected chi connectivity index (χ1v) is 9.38. The van der Waals surface area contributed by atoms with Crippen molar-refractivity contribution >= 4 is 29.9 Å². The van der Waals surface area contributed by atoms with Gasteiger partial charge < -0.3 is 15.4 Å². The first-order chi connectivity index (χ1) is 13.8. The Hall–Kier alpha value is -2.45. The van der Waals surface area contributed by atoms with E-state index in [0.29, 0.717) is 26.3 Å². The molecule has 0 aliphatic heterocycles. The third kappa shape index (κ3) is 7.83. The van der Waals surface area contributed by atoms with Gasteiger partial charge in [0.2, 0.25) is 0 Å². The number of guanidine groups is 1. The Labute approximate surface area is 189 Å². The number of rotatable bonds is 8. The fraction of sp³-hybridized carbons (Fsp3) is 0.217. The summed E-state index contributed by atoms with van der Waals surface area (Å²) in [5, 5.41) is 6.65. The molecule has 6 heteroatoms. The highest BCUT2D eigenvalue weighted by Crippen LogP contribution is 2.11. The van der Waals surface area contributed by atoms with Crippen LogP contribution >= 0.6 is 24.0 Å². The molecule has 0 unspecified atom stereocenters. The van der Waals surface area contributed by atoms with Crippen molar-refractivity contribution in [3.63, 3.8) is 0 Å². The minimum atomic E-state index is 0. The summed E-state index contributed by atoms with van der Waals surface area (Å²) in [6, 6.07) is 24.4. The van der Waals surface area contributed by atoms with Crippen molar-refractivity contribution in [2.75, 3.05) is 7.05 Å². The molecule has 2 aromatic carbocycles. The summed E-state index contributed by atoms with van der Waals surface area (Å²) in [6.07, 6.45) is 1.79. The summed E-state index contributed by atoms with van der Waals surface area (Å²) >= 11 is 0. The van der Waals surface area contributed by atoms with E-state index in [1.807, 2.05) is 48.5 Å². The van der Waals surface area contributed by atoms with Gasteiger partial charge >= 0.3 is 0 Å². The number of benzene rings is 2. The Morgan fingerprint density at radius 2 is 1.52 bits per heavy atom. The predicted octanol–water partition coefficient (Wildman–Crippen LogP) is 4.28. The molecule has 0 fully saturated rings. The number of nitrogens with one attached hydrogen (secondary N) is 2. The van der Waals surface area contributed by atoms with Gasteiger partial charge in [-0.25, -0.2) is 0 Å². The third-order valence-corrected chi connectivity index (χ3v) is 4.32. The molecule has 0 spiro atoms. The zero-order valence-corrected chi connectivity index (χ0v) is 18.9. The van der Waals surface area contributed by atoms with Crippen molar-refractivity contribution in [2.24, 2.45) is 4.99 Å². The smallest absolute Gasteiger partial charge is 0.191 e. The van der Waals surface area contributed by atoms with Crippen LogP contribution in [0.15, 0.2) is 84.0 Å². The van der Waals surface area contributed by atoms with Crippen LogP contribution in [0.1, 0.15) is 22.4 Å². The number of pyridine rings is 1. The molecule has 0 amide bonds. The van der Waals surface area contributed by atoms with Gasteiger partial charge in [-0.05, 0) is 28.8 Å². The fourth-order valence-electron chi connectivity index (χ4n) is 2.80. The lowest BCUT2D eigenvalue weighted by molar-refractivity contribution is 0.106. The minimum absolute atomic E-state index is 0. The summed E-state index contributed by atoms with van der Waals surface area (Å²) in [5.41, 5.74) is 4.51. The molecule has 2 N–H and O–H groups in total. The molecular weight excluding hydrogens is 475 g/mol. The van der Waals surface area contributed by atoms with E-state index in [-0.39, 0.29) is 24.0 Å². The molecule has 0 saturated heterocycles. The molecule has 0 aliphatic carbocycles. The molecule has 0 radical (unpaired) electrons. The molecule has 0 saturated carbocycles. The Kier molecular flexibility index (Phi) is 10.2. The molecule has 0 aliphatic rings. The van der Waals surface area contributed by atoms with Crippen molar-refractivity contribution in [1.29, 1.82) is 0 Å². The molecule has 152 valence electrons. The minimum Gasteiger partial charge on any atom is -0.372 e. The van der Waals surface area contributed by atoms with E-state index in [9.17, 15) is 0 Å². The highest BCUT2D eigenvalue weighted by Gasteiger charge is 2.04. The van der Waals surface area contributed by atoms with Crippen LogP contribution in [0.3, 0.4) is 0 Å². The van der Waals surface area contributed by atoms with Crippen molar-refractivity contribution < 1.29 is 4.74 Å². The molecule has 3 rings (SSSR count). The predicted molar refractivity (Wildman–Crippen MR) is 128 cm³/mol. The number of ether oxygens (including phenoxy) is 1. The van der Waals surface area contributed by atoms with Gasteiger partial charge in [-0.1, -0.05) is 60.7 Å². The van der Waals surface area contributed by atoms with Crippen LogP contribution in [0.4, 0.5) is 0 Å². The van der Waals surface area contributed by atoms with Crippen LogP contribution in [0.5, 0.6) is 0 Å². The van der Waals surface area contributed by atoms with E-state index in [0.717, 1.165) is 11.7 Å². The van der Waals surface area contributed by atoms with E-state index in [1.54, 1.807) is 13.2 Å². The zero-order valence-electron chi connectivity index (χ0n) is 16.5. The van der Waals surface area contributed by atoms with Crippen LogP contribution in [-0.4, -0.2) is 18.0 Å². The lowest BCUT2D eigenvalue weighted by Crippen LogP contribution is -2.36. The summed E-state index contributed by atoms with van der Waals surface area (Å²) < 4.78 is 5.90. The maximum atomic E-state index is 5.90. The molecule has 1 aromatic heterocycles. The van der Waals surface area contributed by atoms with Crippen molar-refractivity contribution in [3.8, 4) is 0 Å². The molecule has 5 nitrogen and oxygen atoms in total. The van der Waals surface area contributed by atoms with E-state index < -0.39 is 0 Å². The molecule has 1 heterocycles. The van der Waals surface area contributed by atoms with Gasteiger partial charge in [0.25, 0.3) is 0 Å². The average Bonchev–Trinajstić information content (AvgIpc) is 2.76. The first-order valence-electron chi connectivity index (χ1n) is 9.38. The zero-order chi connectivity index (χ0) is 19.4. The van der Waals surface area contributed by atoms with Crippen molar-refractivity contribution in [2.45, 2.75) is 26.3 Å². The van der Waals surface area contributed by atoms with E-state index in [1.165, 1.54) is 16.7 Å². The Morgan fingerprint density at radius 3 is 2.24 bits per heavy atom. The number of aromatic nitrogens is 1. The highest BCUT2D eigenvalue weighted by molar-refractivity contribution is 14.0. The van der Waals surface area contributed by atoms with E-state index >= 15 is 0 Å². The second-order valence-corrected chi connectivity index (χ2v) is 6.35. The SMILES string of the molecule is CN=C(NCc1ccccn1)NCc1ccccc1COCc1ccccc1.I. The van der Waals surface area contributed by atoms with E-state index in [2.05, 4.69) is 44.9 Å². The summed E-state index contributed by atoms with van der Waals surface area (Å²) in [7, 11) is 1.77. The van der Waals surface area contributed by atoms with Crippen LogP contribution in [0, 0.1) is 0 Å². The van der Waals surface area contributed by atoms with Gasteiger partial charge in [-0.2, -0.15) is 0 Å². The van der Waals surface area contributed by atoms with Gasteiger partial charge in [0.15, 0.2) is 5.96 Å². The maximum Gasteiger partial charge on any atom is 0.191 e. The standard InChI is InChI=1S/C23H26N4O.HI/c1-24-23(27-16-22-13-7-8-14-25-22)26-15-20-11-5-6-12-21(20)18-28-17-19-9-3-2-4-10-19;/h2-14H,15-18H2,1H3,(H2,24,26,27);1H. The van der Waals surface area contributed by atoms with Crippen molar-refractivity contribution in [3.05, 3.63) is 101 Å². The van der Waals surface area contributed by atoms with Gasteiger partial charge in [0, 0.05) is 19.8 Å². The number of hydrogen-bond donors (Lipinski definition) is 2. The number of aliphatic imine (C=N–C) groups is 1. The average molecular weight is 502 g/mol. The van der Waals surface area contributed by atoms with Crippen LogP contribution in [-0.2, 0) is 31.0 Å². The fourth-order valence-corrected chi connectivity index (χ4v) is 2.80. The van der Waals surface area contributed by atoms with Crippen LogP contribution in [0.25, 0.3) is 0 Å². The quantitative estimate of drug-likeness (QED) is 0.274. The number of hydrogen-bond acceptors (Lipinski definition) is 3. The highest BCUT2D eigenvalue weighted by atomic mass is 127.